The van der Waals surface area contributed by atoms with E-state index in [0.717, 1.165) is 0 Å². The van der Waals surface area contributed by atoms with Crippen molar-refractivity contribution in [3.05, 3.63) is 42.1 Å². The van der Waals surface area contributed by atoms with Gasteiger partial charge >= 0.3 is 0 Å². The Balaban J connectivity index is 0.00000220. The number of pyridine rings is 1. The average Bonchev–Trinajstić information content (AvgIpc) is 2.39. The first-order chi connectivity index (χ1) is 9.36. The summed E-state index contributed by atoms with van der Waals surface area (Å²) in [5.41, 5.74) is 1.04. The van der Waals surface area contributed by atoms with Crippen LogP contribution in [0.1, 0.15) is 5.69 Å². The van der Waals surface area contributed by atoms with Crippen LogP contribution in [0.2, 0.25) is 0 Å². The monoisotopic (exact) mass is 316 g/mol. The predicted molar refractivity (Wildman–Crippen MR) is 76.8 cm³/mol. The molecule has 2 N–H and O–H groups in total. The van der Waals surface area contributed by atoms with Gasteiger partial charge in [-0.25, -0.2) is 4.98 Å². The maximum Gasteiger partial charge on any atom is 0.294 e. The maximum atomic E-state index is 10.9. The smallest absolute Gasteiger partial charge is 0.294 e. The molecule has 21 heavy (non-hydrogen) atoms. The molecule has 2 rings (SSSR count). The van der Waals surface area contributed by atoms with Gasteiger partial charge in [-0.15, -0.1) is 10.2 Å². The molecule has 7 nitrogen and oxygen atoms in total. The summed E-state index contributed by atoms with van der Waals surface area (Å²) >= 11 is 0. The van der Waals surface area contributed by atoms with Gasteiger partial charge in [0.2, 0.25) is 5.82 Å². The van der Waals surface area contributed by atoms with Crippen LogP contribution < -0.4 is 0 Å². The molecule has 1 aromatic heterocycles. The van der Waals surface area contributed by atoms with Crippen LogP contribution in [-0.2, 0) is 10.1 Å². The summed E-state index contributed by atoms with van der Waals surface area (Å²) in [5.74, 6) is -0.0298. The summed E-state index contributed by atoms with van der Waals surface area (Å²) < 4.78 is 30.6. The number of hydrogen-bond donors (Lipinski definition) is 2. The minimum atomic E-state index is -4.22. The van der Waals surface area contributed by atoms with Gasteiger partial charge in [0, 0.05) is 35.3 Å². The number of benzene rings is 1. The van der Waals surface area contributed by atoms with Crippen molar-refractivity contribution < 1.29 is 18.1 Å². The molecule has 1 aromatic carbocycles. The SMILES string of the molecule is Cc1ccc(O)c(N=Nc2ccc(S(=O)(=O)O)cc2)n1.[Na]. The molecule has 0 fully saturated rings. The van der Waals surface area contributed by atoms with E-state index in [0.29, 0.717) is 11.4 Å². The third kappa shape index (κ3) is 4.87. The molecule has 0 unspecified atom stereocenters. The molecule has 0 saturated carbocycles. The predicted octanol–water partition coefficient (Wildman–Crippen LogP) is 2.38. The van der Waals surface area contributed by atoms with Gasteiger partial charge in [0.05, 0.1) is 10.6 Å². The molecule has 1 heterocycles. The Morgan fingerprint density at radius 3 is 2.24 bits per heavy atom. The molecule has 0 aliphatic rings. The van der Waals surface area contributed by atoms with Crippen LogP contribution in [0.3, 0.4) is 0 Å². The van der Waals surface area contributed by atoms with E-state index >= 15 is 0 Å². The molecule has 1 radical (unpaired) electrons. The zero-order valence-electron chi connectivity index (χ0n) is 11.4. The molecular formula is C12H11N3NaO4S. The second-order valence-corrected chi connectivity index (χ2v) is 5.39. The third-order valence-electron chi connectivity index (χ3n) is 2.39. The Bertz CT molecular complexity index is 761. The van der Waals surface area contributed by atoms with Crippen molar-refractivity contribution >= 4 is 51.2 Å². The number of aromatic nitrogens is 1. The minimum Gasteiger partial charge on any atom is -0.504 e. The van der Waals surface area contributed by atoms with Gasteiger partial charge in [-0.05, 0) is 43.3 Å². The van der Waals surface area contributed by atoms with Crippen LogP contribution in [0, 0.1) is 6.92 Å². The first-order valence-corrected chi connectivity index (χ1v) is 6.96. The zero-order chi connectivity index (χ0) is 14.8. The maximum absolute atomic E-state index is 10.9. The number of rotatable bonds is 3. The van der Waals surface area contributed by atoms with Crippen LogP contribution in [0.5, 0.6) is 5.75 Å². The fraction of sp³-hybridized carbons (Fsp3) is 0.0833. The van der Waals surface area contributed by atoms with Gasteiger partial charge in [-0.3, -0.25) is 4.55 Å². The number of aromatic hydroxyl groups is 1. The van der Waals surface area contributed by atoms with Crippen LogP contribution >= 0.6 is 0 Å². The van der Waals surface area contributed by atoms with Gasteiger partial charge in [0.1, 0.15) is 0 Å². The fourth-order valence-electron chi connectivity index (χ4n) is 1.40. The van der Waals surface area contributed by atoms with Crippen molar-refractivity contribution in [1.29, 1.82) is 0 Å². The molecule has 0 bridgehead atoms. The van der Waals surface area contributed by atoms with E-state index in [1.807, 2.05) is 0 Å². The second-order valence-electron chi connectivity index (χ2n) is 3.96. The first-order valence-electron chi connectivity index (χ1n) is 5.52. The Labute approximate surface area is 143 Å². The van der Waals surface area contributed by atoms with Gasteiger partial charge < -0.3 is 5.11 Å². The number of aryl methyl sites for hydroxylation is 1. The summed E-state index contributed by atoms with van der Waals surface area (Å²) in [4.78, 5) is 3.77. The summed E-state index contributed by atoms with van der Waals surface area (Å²) in [6, 6.07) is 8.24. The van der Waals surface area contributed by atoms with E-state index in [2.05, 4.69) is 15.2 Å². The Kier molecular flexibility index (Phi) is 5.99. The topological polar surface area (TPSA) is 112 Å². The van der Waals surface area contributed by atoms with Gasteiger partial charge in [-0.1, -0.05) is 0 Å². The van der Waals surface area contributed by atoms with E-state index in [4.69, 9.17) is 4.55 Å². The molecule has 9 heteroatoms. The Morgan fingerprint density at radius 1 is 1.05 bits per heavy atom. The molecule has 0 aliphatic heterocycles. The van der Waals surface area contributed by atoms with Crippen LogP contribution in [0.15, 0.2) is 51.5 Å². The number of nitrogens with zero attached hydrogens (tertiary/aromatic N) is 3. The molecular weight excluding hydrogens is 305 g/mol. The van der Waals surface area contributed by atoms with Crippen molar-refractivity contribution in [3.8, 4) is 5.75 Å². The largest absolute Gasteiger partial charge is 0.504 e. The van der Waals surface area contributed by atoms with Gasteiger partial charge in [0.25, 0.3) is 10.1 Å². The summed E-state index contributed by atoms with van der Waals surface area (Å²) in [6.45, 7) is 1.75. The van der Waals surface area contributed by atoms with E-state index in [9.17, 15) is 13.5 Å². The second kappa shape index (κ2) is 7.10. The van der Waals surface area contributed by atoms with Crippen molar-refractivity contribution in [1.82, 2.24) is 4.98 Å². The average molecular weight is 316 g/mol. The summed E-state index contributed by atoms with van der Waals surface area (Å²) in [5, 5.41) is 17.1. The minimum absolute atomic E-state index is 0. The summed E-state index contributed by atoms with van der Waals surface area (Å²) in [6.07, 6.45) is 0. The normalized spacial score (nSPS) is 11.3. The quantitative estimate of drug-likeness (QED) is 0.513. The van der Waals surface area contributed by atoms with Crippen LogP contribution in [-0.4, -0.2) is 52.6 Å². The summed E-state index contributed by atoms with van der Waals surface area (Å²) in [7, 11) is -4.22. The Morgan fingerprint density at radius 2 is 1.67 bits per heavy atom. The molecule has 0 aliphatic carbocycles. The van der Waals surface area contributed by atoms with Crippen molar-refractivity contribution in [2.45, 2.75) is 11.8 Å². The zero-order valence-corrected chi connectivity index (χ0v) is 14.2. The first kappa shape index (κ1) is 17.7. The van der Waals surface area contributed by atoms with Crippen molar-refractivity contribution in [3.63, 3.8) is 0 Å². The third-order valence-corrected chi connectivity index (χ3v) is 3.26. The van der Waals surface area contributed by atoms with Crippen molar-refractivity contribution in [2.24, 2.45) is 10.2 Å². The molecule has 0 saturated heterocycles. The fourth-order valence-corrected chi connectivity index (χ4v) is 1.88. The molecule has 2 aromatic rings. The van der Waals surface area contributed by atoms with Crippen LogP contribution in [0.25, 0.3) is 0 Å². The van der Waals surface area contributed by atoms with E-state index < -0.39 is 10.1 Å². The molecule has 0 amide bonds. The van der Waals surface area contributed by atoms with E-state index in [1.165, 1.54) is 30.3 Å². The van der Waals surface area contributed by atoms with Gasteiger partial charge in [-0.2, -0.15) is 8.42 Å². The van der Waals surface area contributed by atoms with Gasteiger partial charge in [0.15, 0.2) is 5.75 Å². The molecule has 105 valence electrons. The molecule has 0 spiro atoms. The number of azo groups is 1. The van der Waals surface area contributed by atoms with Crippen LogP contribution in [0.4, 0.5) is 11.5 Å². The Hall–Kier alpha value is -1.32. The standard InChI is InChI=1S/C12H11N3O4S.Na/c1-8-2-7-11(16)12(13-8)15-14-9-3-5-10(6-4-9)20(17,18)19;/h2-7,16H,1H3,(H,17,18,19);. The van der Waals surface area contributed by atoms with E-state index in [-0.39, 0.29) is 46.0 Å². The van der Waals surface area contributed by atoms with E-state index in [1.54, 1.807) is 13.0 Å². The van der Waals surface area contributed by atoms with Crippen molar-refractivity contribution in [2.75, 3.05) is 0 Å². The molecule has 0 atom stereocenters. The number of hydrogen-bond acceptors (Lipinski definition) is 6.